The third-order valence-corrected chi connectivity index (χ3v) is 3.46. The van der Waals surface area contributed by atoms with Crippen LogP contribution in [0.15, 0.2) is 78.9 Å². The van der Waals surface area contributed by atoms with Crippen LogP contribution in [0.3, 0.4) is 0 Å². The lowest BCUT2D eigenvalue weighted by molar-refractivity contribution is 0.236. The predicted octanol–water partition coefficient (Wildman–Crippen LogP) is 3.15. The zero-order valence-electron chi connectivity index (χ0n) is 15.6. The SMILES string of the molecule is C=CCOc1ccccc1/C=N\NC(=O)NNCc1ccccc1OCC=C. The number of nitrogens with one attached hydrogen (secondary N) is 3. The summed E-state index contributed by atoms with van der Waals surface area (Å²) in [5.41, 5.74) is 9.38. The highest BCUT2D eigenvalue weighted by molar-refractivity contribution is 5.84. The molecule has 2 aromatic carbocycles. The highest BCUT2D eigenvalue weighted by Gasteiger charge is 2.04. The van der Waals surface area contributed by atoms with Crippen molar-refractivity contribution in [1.29, 1.82) is 0 Å². The fourth-order valence-corrected chi connectivity index (χ4v) is 2.21. The van der Waals surface area contributed by atoms with Crippen LogP contribution in [0.5, 0.6) is 11.5 Å². The van der Waals surface area contributed by atoms with Crippen LogP contribution in [0.25, 0.3) is 0 Å². The fourth-order valence-electron chi connectivity index (χ4n) is 2.21. The molecule has 0 saturated heterocycles. The summed E-state index contributed by atoms with van der Waals surface area (Å²) in [6.45, 7) is 8.44. The summed E-state index contributed by atoms with van der Waals surface area (Å²) < 4.78 is 11.1. The molecule has 0 aromatic heterocycles. The maximum absolute atomic E-state index is 11.8. The highest BCUT2D eigenvalue weighted by Crippen LogP contribution is 2.17. The molecule has 2 rings (SSSR count). The lowest BCUT2D eigenvalue weighted by Gasteiger charge is -2.11. The van der Waals surface area contributed by atoms with Crippen molar-refractivity contribution in [2.45, 2.75) is 6.54 Å². The molecular formula is C21H24N4O3. The van der Waals surface area contributed by atoms with E-state index in [-0.39, 0.29) is 0 Å². The molecule has 0 bridgehead atoms. The van der Waals surface area contributed by atoms with E-state index in [1.165, 1.54) is 6.21 Å². The molecule has 0 radical (unpaired) electrons. The molecule has 0 aliphatic heterocycles. The van der Waals surface area contributed by atoms with Crippen LogP contribution in [-0.4, -0.2) is 25.5 Å². The topological polar surface area (TPSA) is 84.0 Å². The Balaban J connectivity index is 1.80. The van der Waals surface area contributed by atoms with E-state index in [2.05, 4.69) is 34.5 Å². The number of amides is 2. The first-order valence-corrected chi connectivity index (χ1v) is 8.71. The molecule has 146 valence electrons. The van der Waals surface area contributed by atoms with Crippen molar-refractivity contribution >= 4 is 12.2 Å². The minimum absolute atomic E-state index is 0.390. The van der Waals surface area contributed by atoms with Gasteiger partial charge in [-0.05, 0) is 18.2 Å². The summed E-state index contributed by atoms with van der Waals surface area (Å²) in [6.07, 6.45) is 4.84. The van der Waals surface area contributed by atoms with Gasteiger partial charge in [-0.3, -0.25) is 5.43 Å². The van der Waals surface area contributed by atoms with Crippen molar-refractivity contribution in [3.05, 3.63) is 85.0 Å². The average molecular weight is 380 g/mol. The summed E-state index contributed by atoms with van der Waals surface area (Å²) in [7, 11) is 0. The van der Waals surface area contributed by atoms with Crippen LogP contribution >= 0.6 is 0 Å². The molecule has 7 heteroatoms. The van der Waals surface area contributed by atoms with Crippen LogP contribution < -0.4 is 25.8 Å². The second kappa shape index (κ2) is 11.9. The summed E-state index contributed by atoms with van der Waals surface area (Å²) in [4.78, 5) is 11.8. The van der Waals surface area contributed by atoms with Gasteiger partial charge in [0.25, 0.3) is 0 Å². The quantitative estimate of drug-likeness (QED) is 0.318. The van der Waals surface area contributed by atoms with Gasteiger partial charge in [0.2, 0.25) is 0 Å². The number of nitrogens with zero attached hydrogens (tertiary/aromatic N) is 1. The van der Waals surface area contributed by atoms with Gasteiger partial charge < -0.3 is 9.47 Å². The Labute approximate surface area is 164 Å². The third-order valence-electron chi connectivity index (χ3n) is 3.46. The lowest BCUT2D eigenvalue weighted by Crippen LogP contribution is -2.42. The van der Waals surface area contributed by atoms with Gasteiger partial charge in [0.1, 0.15) is 24.7 Å². The van der Waals surface area contributed by atoms with Gasteiger partial charge in [-0.15, -0.1) is 0 Å². The maximum atomic E-state index is 11.8. The monoisotopic (exact) mass is 380 g/mol. The zero-order valence-corrected chi connectivity index (χ0v) is 15.6. The number of rotatable bonds is 11. The van der Waals surface area contributed by atoms with Crippen molar-refractivity contribution in [2.75, 3.05) is 13.2 Å². The Bertz CT molecular complexity index is 821. The third kappa shape index (κ3) is 6.97. The van der Waals surface area contributed by atoms with Gasteiger partial charge in [0.05, 0.1) is 6.21 Å². The molecule has 0 spiro atoms. The molecule has 0 atom stereocenters. The number of para-hydroxylation sites is 2. The van der Waals surface area contributed by atoms with E-state index in [0.717, 1.165) is 16.9 Å². The van der Waals surface area contributed by atoms with E-state index in [1.807, 2.05) is 48.5 Å². The second-order valence-corrected chi connectivity index (χ2v) is 5.52. The average Bonchev–Trinajstić information content (AvgIpc) is 2.72. The van der Waals surface area contributed by atoms with Crippen molar-refractivity contribution < 1.29 is 14.3 Å². The van der Waals surface area contributed by atoms with E-state index < -0.39 is 6.03 Å². The molecule has 0 aliphatic carbocycles. The lowest BCUT2D eigenvalue weighted by atomic mass is 10.2. The number of ether oxygens (including phenoxy) is 2. The second-order valence-electron chi connectivity index (χ2n) is 5.52. The Hall–Kier alpha value is -3.58. The first-order valence-electron chi connectivity index (χ1n) is 8.71. The normalized spacial score (nSPS) is 10.3. The van der Waals surface area contributed by atoms with E-state index in [1.54, 1.807) is 12.2 Å². The molecule has 0 fully saturated rings. The van der Waals surface area contributed by atoms with E-state index in [9.17, 15) is 4.79 Å². The summed E-state index contributed by atoms with van der Waals surface area (Å²) in [5.74, 6) is 1.38. The smallest absolute Gasteiger partial charge is 0.349 e. The van der Waals surface area contributed by atoms with Crippen molar-refractivity contribution in [2.24, 2.45) is 5.10 Å². The van der Waals surface area contributed by atoms with Crippen molar-refractivity contribution in [3.63, 3.8) is 0 Å². The maximum Gasteiger partial charge on any atom is 0.349 e. The number of hydrogen-bond acceptors (Lipinski definition) is 5. The first-order chi connectivity index (χ1) is 13.7. The van der Waals surface area contributed by atoms with Crippen LogP contribution in [-0.2, 0) is 6.54 Å². The largest absolute Gasteiger partial charge is 0.489 e. The summed E-state index contributed by atoms with van der Waals surface area (Å²) in [5, 5.41) is 3.93. The number of hydrazone groups is 1. The van der Waals surface area contributed by atoms with Crippen LogP contribution in [0, 0.1) is 0 Å². The van der Waals surface area contributed by atoms with E-state index in [0.29, 0.717) is 25.5 Å². The van der Waals surface area contributed by atoms with Gasteiger partial charge in [0.15, 0.2) is 0 Å². The molecule has 28 heavy (non-hydrogen) atoms. The molecule has 0 aliphatic rings. The molecular weight excluding hydrogens is 356 g/mol. The van der Waals surface area contributed by atoms with Gasteiger partial charge in [-0.25, -0.2) is 15.6 Å². The standard InChI is InChI=1S/C21H24N4O3/c1-3-13-27-19-11-7-5-9-17(19)15-22-24-21(26)25-23-16-18-10-6-8-12-20(18)28-14-4-2/h3-12,15,23H,1-2,13-14,16H2,(H2,24,25,26)/b22-15-. The van der Waals surface area contributed by atoms with Gasteiger partial charge in [0, 0.05) is 17.7 Å². The minimum Gasteiger partial charge on any atom is -0.489 e. The fraction of sp³-hybridized carbons (Fsp3) is 0.143. The predicted molar refractivity (Wildman–Crippen MR) is 110 cm³/mol. The number of carbonyl (C=O) groups is 1. The van der Waals surface area contributed by atoms with Gasteiger partial charge >= 0.3 is 6.03 Å². The molecule has 2 amide bonds. The summed E-state index contributed by atoms with van der Waals surface area (Å²) >= 11 is 0. The molecule has 0 unspecified atom stereocenters. The zero-order chi connectivity index (χ0) is 20.0. The molecule has 2 aromatic rings. The molecule has 7 nitrogen and oxygen atoms in total. The van der Waals surface area contributed by atoms with Crippen molar-refractivity contribution in [3.8, 4) is 11.5 Å². The number of hydrogen-bond donors (Lipinski definition) is 3. The highest BCUT2D eigenvalue weighted by atomic mass is 16.5. The van der Waals surface area contributed by atoms with Crippen LogP contribution in [0.4, 0.5) is 4.79 Å². The Morgan fingerprint density at radius 3 is 2.36 bits per heavy atom. The minimum atomic E-state index is -0.495. The number of carbonyl (C=O) groups excluding carboxylic acids is 1. The van der Waals surface area contributed by atoms with Gasteiger partial charge in [-0.2, -0.15) is 5.10 Å². The van der Waals surface area contributed by atoms with Crippen LogP contribution in [0.1, 0.15) is 11.1 Å². The number of urea groups is 1. The van der Waals surface area contributed by atoms with E-state index >= 15 is 0 Å². The Morgan fingerprint density at radius 2 is 1.61 bits per heavy atom. The number of benzene rings is 2. The Kier molecular flexibility index (Phi) is 8.83. The molecule has 0 saturated carbocycles. The molecule has 0 heterocycles. The Morgan fingerprint density at radius 1 is 0.964 bits per heavy atom. The van der Waals surface area contributed by atoms with E-state index in [4.69, 9.17) is 9.47 Å². The van der Waals surface area contributed by atoms with Crippen molar-refractivity contribution in [1.82, 2.24) is 16.3 Å². The first kappa shape index (κ1) is 20.7. The molecule has 3 N–H and O–H groups in total. The van der Waals surface area contributed by atoms with Gasteiger partial charge in [-0.1, -0.05) is 55.6 Å². The summed E-state index contributed by atoms with van der Waals surface area (Å²) in [6, 6.07) is 14.4. The van der Waals surface area contributed by atoms with Crippen LogP contribution in [0.2, 0.25) is 0 Å². The number of hydrazine groups is 1.